The molecule has 4 nitrogen and oxygen atoms in total. The number of carbonyl (C=O) groups is 1. The van der Waals surface area contributed by atoms with Crippen molar-refractivity contribution in [2.75, 3.05) is 13.1 Å². The molecule has 0 aromatic heterocycles. The summed E-state index contributed by atoms with van der Waals surface area (Å²) in [6, 6.07) is 7.33. The minimum absolute atomic E-state index is 0.111. The van der Waals surface area contributed by atoms with Gasteiger partial charge in [0.25, 0.3) is 0 Å². The van der Waals surface area contributed by atoms with Gasteiger partial charge in [0, 0.05) is 30.6 Å². The Kier molecular flexibility index (Phi) is 3.41. The van der Waals surface area contributed by atoms with Crippen LogP contribution in [0.5, 0.6) is 0 Å². The molecular formula is C15H22N2O2. The van der Waals surface area contributed by atoms with Crippen LogP contribution in [0.1, 0.15) is 36.7 Å². The minimum Gasteiger partial charge on any atom is -0.388 e. The Morgan fingerprint density at radius 3 is 2.26 bits per heavy atom. The van der Waals surface area contributed by atoms with Crippen LogP contribution in [-0.2, 0) is 6.54 Å². The number of benzene rings is 1. The van der Waals surface area contributed by atoms with E-state index in [-0.39, 0.29) is 5.41 Å². The van der Waals surface area contributed by atoms with Crippen molar-refractivity contribution in [3.05, 3.63) is 35.4 Å². The molecule has 1 aliphatic rings. The molecule has 0 radical (unpaired) electrons. The van der Waals surface area contributed by atoms with Gasteiger partial charge in [-0.2, -0.15) is 0 Å². The second-order valence-electron chi connectivity index (χ2n) is 6.36. The predicted octanol–water partition coefficient (Wildman–Crippen LogP) is 1.38. The first kappa shape index (κ1) is 14.0. The first-order valence-corrected chi connectivity index (χ1v) is 6.55. The monoisotopic (exact) mass is 262 g/mol. The molecule has 1 aromatic rings. The molecule has 1 fully saturated rings. The van der Waals surface area contributed by atoms with Crippen molar-refractivity contribution >= 4 is 5.91 Å². The lowest BCUT2D eigenvalue weighted by atomic mass is 9.79. The third kappa shape index (κ3) is 2.80. The molecule has 1 atom stereocenters. The smallest absolute Gasteiger partial charge is 0.248 e. The third-order valence-electron chi connectivity index (χ3n) is 4.25. The number of amides is 1. The highest BCUT2D eigenvalue weighted by atomic mass is 16.3. The second kappa shape index (κ2) is 4.62. The number of nitrogens with two attached hydrogens (primary N) is 1. The van der Waals surface area contributed by atoms with Crippen LogP contribution in [-0.4, -0.2) is 34.6 Å². The maximum Gasteiger partial charge on any atom is 0.248 e. The van der Waals surface area contributed by atoms with E-state index >= 15 is 0 Å². The summed E-state index contributed by atoms with van der Waals surface area (Å²) in [6.45, 7) is 8.36. The maximum absolute atomic E-state index is 11.0. The SMILES string of the molecule is CC1(C)CN(Cc2ccc(C(N)=O)cc2)C[C@]1(C)O. The van der Waals surface area contributed by atoms with Crippen LogP contribution in [0.4, 0.5) is 0 Å². The van der Waals surface area contributed by atoms with Crippen molar-refractivity contribution in [2.24, 2.45) is 11.1 Å². The maximum atomic E-state index is 11.0. The van der Waals surface area contributed by atoms with E-state index in [1.54, 1.807) is 12.1 Å². The van der Waals surface area contributed by atoms with Crippen LogP contribution in [0, 0.1) is 5.41 Å². The van der Waals surface area contributed by atoms with Gasteiger partial charge in [-0.25, -0.2) is 0 Å². The minimum atomic E-state index is -0.667. The quantitative estimate of drug-likeness (QED) is 0.864. The van der Waals surface area contributed by atoms with Crippen LogP contribution in [0.15, 0.2) is 24.3 Å². The van der Waals surface area contributed by atoms with Gasteiger partial charge in [-0.3, -0.25) is 9.69 Å². The lowest BCUT2D eigenvalue weighted by Crippen LogP contribution is -2.40. The van der Waals surface area contributed by atoms with Gasteiger partial charge in [0.2, 0.25) is 5.91 Å². The summed E-state index contributed by atoms with van der Waals surface area (Å²) >= 11 is 0. The number of likely N-dealkylation sites (tertiary alicyclic amines) is 1. The Morgan fingerprint density at radius 1 is 1.26 bits per heavy atom. The zero-order valence-electron chi connectivity index (χ0n) is 11.8. The Balaban J connectivity index is 2.05. The average Bonchev–Trinajstić information content (AvgIpc) is 2.47. The summed E-state index contributed by atoms with van der Waals surface area (Å²) in [7, 11) is 0. The number of hydrogen-bond acceptors (Lipinski definition) is 3. The van der Waals surface area contributed by atoms with Gasteiger partial charge in [0.1, 0.15) is 0 Å². The number of hydrogen-bond donors (Lipinski definition) is 2. The van der Waals surface area contributed by atoms with Gasteiger partial charge < -0.3 is 10.8 Å². The normalized spacial score (nSPS) is 26.5. The van der Waals surface area contributed by atoms with E-state index in [1.807, 2.05) is 19.1 Å². The first-order valence-electron chi connectivity index (χ1n) is 6.55. The van der Waals surface area contributed by atoms with Crippen LogP contribution < -0.4 is 5.73 Å². The lowest BCUT2D eigenvalue weighted by molar-refractivity contribution is -0.0111. The fourth-order valence-electron chi connectivity index (χ4n) is 2.58. The number of nitrogens with zero attached hydrogens (tertiary/aromatic N) is 1. The van der Waals surface area contributed by atoms with Gasteiger partial charge in [0.05, 0.1) is 5.60 Å². The molecule has 1 saturated heterocycles. The number of carbonyl (C=O) groups excluding carboxylic acids is 1. The van der Waals surface area contributed by atoms with Gasteiger partial charge in [0.15, 0.2) is 0 Å². The van der Waals surface area contributed by atoms with Gasteiger partial charge >= 0.3 is 0 Å². The first-order chi connectivity index (χ1) is 8.71. The molecule has 0 bridgehead atoms. The van der Waals surface area contributed by atoms with Crippen molar-refractivity contribution in [2.45, 2.75) is 32.9 Å². The summed E-state index contributed by atoms with van der Waals surface area (Å²) < 4.78 is 0. The van der Waals surface area contributed by atoms with Crippen LogP contribution in [0.25, 0.3) is 0 Å². The second-order valence-corrected chi connectivity index (χ2v) is 6.36. The predicted molar refractivity (Wildman–Crippen MR) is 74.6 cm³/mol. The Morgan fingerprint density at radius 2 is 1.84 bits per heavy atom. The Bertz CT molecular complexity index is 461. The van der Waals surface area contributed by atoms with Crippen LogP contribution in [0.2, 0.25) is 0 Å². The van der Waals surface area contributed by atoms with Gasteiger partial charge in [-0.15, -0.1) is 0 Å². The molecule has 19 heavy (non-hydrogen) atoms. The van der Waals surface area contributed by atoms with E-state index in [2.05, 4.69) is 18.7 Å². The van der Waals surface area contributed by atoms with Crippen molar-refractivity contribution in [3.63, 3.8) is 0 Å². The Hall–Kier alpha value is -1.39. The Labute approximate surface area is 114 Å². The van der Waals surface area contributed by atoms with E-state index in [1.165, 1.54) is 0 Å². The molecule has 0 unspecified atom stereocenters. The standard InChI is InChI=1S/C15H22N2O2/c1-14(2)9-17(10-15(14,3)19)8-11-4-6-12(7-5-11)13(16)18/h4-7,19H,8-10H2,1-3H3,(H2,16,18)/t15-/m0/s1. The van der Waals surface area contributed by atoms with E-state index in [9.17, 15) is 9.90 Å². The van der Waals surface area contributed by atoms with E-state index in [4.69, 9.17) is 5.73 Å². The highest BCUT2D eigenvalue weighted by Crippen LogP contribution is 2.38. The number of rotatable bonds is 3. The fraction of sp³-hybridized carbons (Fsp3) is 0.533. The van der Waals surface area contributed by atoms with Gasteiger partial charge in [-0.05, 0) is 24.6 Å². The van der Waals surface area contributed by atoms with Gasteiger partial charge in [-0.1, -0.05) is 26.0 Å². The van der Waals surface area contributed by atoms with Crippen LogP contribution in [0.3, 0.4) is 0 Å². The summed E-state index contributed by atoms with van der Waals surface area (Å²) in [5.74, 6) is -0.406. The zero-order valence-corrected chi connectivity index (χ0v) is 11.8. The van der Waals surface area contributed by atoms with E-state index < -0.39 is 11.5 Å². The van der Waals surface area contributed by atoms with Crippen molar-refractivity contribution in [1.29, 1.82) is 0 Å². The molecule has 4 heteroatoms. The molecule has 1 aliphatic heterocycles. The van der Waals surface area contributed by atoms with Crippen molar-refractivity contribution < 1.29 is 9.90 Å². The molecule has 2 rings (SSSR count). The summed E-state index contributed by atoms with van der Waals surface area (Å²) in [6.07, 6.45) is 0. The molecule has 1 aromatic carbocycles. The van der Waals surface area contributed by atoms with Crippen molar-refractivity contribution in [1.82, 2.24) is 4.90 Å². The highest BCUT2D eigenvalue weighted by Gasteiger charge is 2.47. The lowest BCUT2D eigenvalue weighted by Gasteiger charge is -2.31. The molecule has 104 valence electrons. The topological polar surface area (TPSA) is 66.6 Å². The molecule has 0 saturated carbocycles. The summed E-state index contributed by atoms with van der Waals surface area (Å²) in [4.78, 5) is 13.2. The average molecular weight is 262 g/mol. The van der Waals surface area contributed by atoms with Crippen molar-refractivity contribution in [3.8, 4) is 0 Å². The molecule has 1 heterocycles. The number of aliphatic hydroxyl groups is 1. The molecule has 1 amide bonds. The largest absolute Gasteiger partial charge is 0.388 e. The summed E-state index contributed by atoms with van der Waals surface area (Å²) in [5, 5.41) is 10.4. The third-order valence-corrected chi connectivity index (χ3v) is 4.25. The molecule has 0 aliphatic carbocycles. The number of primary amides is 1. The highest BCUT2D eigenvalue weighted by molar-refractivity contribution is 5.92. The zero-order chi connectivity index (χ0) is 14.3. The molecule has 0 spiro atoms. The number of β-amino-alcohol motifs (C(OH)–C–C–N with tert-alkyl or cyclic N) is 1. The fourth-order valence-corrected chi connectivity index (χ4v) is 2.58. The molecular weight excluding hydrogens is 240 g/mol. The van der Waals surface area contributed by atoms with Crippen LogP contribution >= 0.6 is 0 Å². The summed E-state index contributed by atoms with van der Waals surface area (Å²) in [5.41, 5.74) is 6.09. The van der Waals surface area contributed by atoms with E-state index in [0.29, 0.717) is 12.1 Å². The molecule has 3 N–H and O–H groups in total. The van der Waals surface area contributed by atoms with E-state index in [0.717, 1.165) is 18.7 Å².